The molecule has 0 saturated heterocycles. The molecule has 0 amide bonds. The topological polar surface area (TPSA) is 47.1 Å². The van der Waals surface area contributed by atoms with Crippen LogP contribution in [0.1, 0.15) is 30.8 Å². The number of imidazole rings is 1. The van der Waals surface area contributed by atoms with Crippen molar-refractivity contribution in [1.29, 1.82) is 0 Å². The maximum Gasteiger partial charge on any atom is 0.106 e. The molecule has 0 aliphatic rings. The van der Waals surface area contributed by atoms with E-state index < -0.39 is 0 Å². The molecule has 104 valence electrons. The zero-order chi connectivity index (χ0) is 14.2. The number of hydrogen-bond acceptors (Lipinski definition) is 3. The number of aryl methyl sites for hydroxylation is 2. The molecule has 0 saturated carbocycles. The van der Waals surface area contributed by atoms with Gasteiger partial charge in [-0.1, -0.05) is 6.07 Å². The highest BCUT2D eigenvalue weighted by Gasteiger charge is 2.17. The van der Waals surface area contributed by atoms with Crippen molar-refractivity contribution in [3.8, 4) is 0 Å². The molecule has 1 aromatic carbocycles. The van der Waals surface area contributed by atoms with Gasteiger partial charge in [-0.05, 0) is 52.1 Å². The Morgan fingerprint density at radius 1 is 1.37 bits per heavy atom. The van der Waals surface area contributed by atoms with Crippen molar-refractivity contribution in [2.24, 2.45) is 12.8 Å². The Hall–Kier alpha value is -1.39. The van der Waals surface area contributed by atoms with Crippen LogP contribution in [0.3, 0.4) is 0 Å². The first-order chi connectivity index (χ1) is 8.90. The minimum absolute atomic E-state index is 0.188. The first-order valence-corrected chi connectivity index (χ1v) is 6.75. The van der Waals surface area contributed by atoms with Gasteiger partial charge in [0.05, 0.1) is 11.0 Å². The van der Waals surface area contributed by atoms with Gasteiger partial charge in [0.25, 0.3) is 0 Å². The minimum Gasteiger partial charge on any atom is -0.331 e. The van der Waals surface area contributed by atoms with Crippen molar-refractivity contribution in [3.05, 3.63) is 29.6 Å². The van der Waals surface area contributed by atoms with Gasteiger partial charge in [0.1, 0.15) is 5.82 Å². The molecule has 4 heteroatoms. The van der Waals surface area contributed by atoms with E-state index in [9.17, 15) is 0 Å². The summed E-state index contributed by atoms with van der Waals surface area (Å²) in [7, 11) is 6.25. The van der Waals surface area contributed by atoms with Crippen LogP contribution in [0.15, 0.2) is 18.2 Å². The molecule has 0 spiro atoms. The summed E-state index contributed by atoms with van der Waals surface area (Å²) in [5.41, 5.74) is 9.49. The van der Waals surface area contributed by atoms with Crippen molar-refractivity contribution in [2.75, 3.05) is 14.1 Å². The van der Waals surface area contributed by atoms with Gasteiger partial charge in [0.2, 0.25) is 0 Å². The maximum atomic E-state index is 5.96. The molecule has 1 heterocycles. The fraction of sp³-hybridized carbons (Fsp3) is 0.533. The molecule has 2 atom stereocenters. The number of hydrogen-bond donors (Lipinski definition) is 1. The van der Waals surface area contributed by atoms with Gasteiger partial charge in [0, 0.05) is 19.1 Å². The second-order valence-corrected chi connectivity index (χ2v) is 5.66. The lowest BCUT2D eigenvalue weighted by Crippen LogP contribution is -2.27. The summed E-state index contributed by atoms with van der Waals surface area (Å²) in [6, 6.07) is 7.06. The molecular weight excluding hydrogens is 236 g/mol. The molecule has 0 bridgehead atoms. The summed E-state index contributed by atoms with van der Waals surface area (Å²) in [6.45, 7) is 4.09. The highest BCUT2D eigenvalue weighted by molar-refractivity contribution is 5.76. The zero-order valence-electron chi connectivity index (χ0n) is 12.5. The third-order valence-electron chi connectivity index (χ3n) is 3.73. The van der Waals surface area contributed by atoms with Crippen LogP contribution in [0, 0.1) is 6.92 Å². The monoisotopic (exact) mass is 260 g/mol. The first-order valence-electron chi connectivity index (χ1n) is 6.75. The summed E-state index contributed by atoms with van der Waals surface area (Å²) in [5, 5.41) is 0. The SMILES string of the molecule is Cc1nc2cc(C(CC(C)N)N(C)C)ccc2n1C. The number of fused-ring (bicyclic) bond motifs is 1. The van der Waals surface area contributed by atoms with Gasteiger partial charge in [-0.3, -0.25) is 0 Å². The number of benzene rings is 1. The predicted molar refractivity (Wildman–Crippen MR) is 80.1 cm³/mol. The Labute approximate surface area is 115 Å². The molecule has 0 fully saturated rings. The third kappa shape index (κ3) is 2.80. The minimum atomic E-state index is 0.188. The molecule has 0 radical (unpaired) electrons. The lowest BCUT2D eigenvalue weighted by Gasteiger charge is -2.26. The van der Waals surface area contributed by atoms with E-state index in [1.807, 2.05) is 6.92 Å². The van der Waals surface area contributed by atoms with Crippen molar-refractivity contribution in [1.82, 2.24) is 14.5 Å². The van der Waals surface area contributed by atoms with Crippen molar-refractivity contribution in [2.45, 2.75) is 32.4 Å². The molecule has 19 heavy (non-hydrogen) atoms. The van der Waals surface area contributed by atoms with E-state index in [-0.39, 0.29) is 6.04 Å². The van der Waals surface area contributed by atoms with Crippen LogP contribution in [-0.4, -0.2) is 34.6 Å². The van der Waals surface area contributed by atoms with Gasteiger partial charge in [-0.15, -0.1) is 0 Å². The van der Waals surface area contributed by atoms with Crippen LogP contribution in [0.5, 0.6) is 0 Å². The Kier molecular flexibility index (Phi) is 3.92. The first kappa shape index (κ1) is 14.0. The van der Waals surface area contributed by atoms with Crippen LogP contribution >= 0.6 is 0 Å². The molecule has 0 aliphatic carbocycles. The molecule has 2 aromatic rings. The van der Waals surface area contributed by atoms with E-state index in [0.717, 1.165) is 17.8 Å². The molecule has 2 N–H and O–H groups in total. The van der Waals surface area contributed by atoms with Crippen molar-refractivity contribution >= 4 is 11.0 Å². The highest BCUT2D eigenvalue weighted by Crippen LogP contribution is 2.26. The standard InChI is InChI=1S/C15H24N4/c1-10(16)8-15(18(3)4)12-6-7-14-13(9-12)17-11(2)19(14)5/h6-7,9-10,15H,8,16H2,1-5H3. The molecule has 1 aromatic heterocycles. The molecule has 0 aliphatic heterocycles. The largest absolute Gasteiger partial charge is 0.331 e. The fourth-order valence-corrected chi connectivity index (χ4v) is 2.54. The van der Waals surface area contributed by atoms with E-state index in [2.05, 4.69) is 60.7 Å². The second-order valence-electron chi connectivity index (χ2n) is 5.66. The number of aromatic nitrogens is 2. The number of nitrogens with zero attached hydrogens (tertiary/aromatic N) is 3. The van der Waals surface area contributed by atoms with Gasteiger partial charge >= 0.3 is 0 Å². The van der Waals surface area contributed by atoms with Crippen molar-refractivity contribution < 1.29 is 0 Å². The second kappa shape index (κ2) is 5.31. The lowest BCUT2D eigenvalue weighted by molar-refractivity contribution is 0.272. The van der Waals surface area contributed by atoms with Gasteiger partial charge in [-0.2, -0.15) is 0 Å². The average molecular weight is 260 g/mol. The Morgan fingerprint density at radius 2 is 2.05 bits per heavy atom. The van der Waals surface area contributed by atoms with Gasteiger partial charge < -0.3 is 15.2 Å². The van der Waals surface area contributed by atoms with E-state index >= 15 is 0 Å². The zero-order valence-corrected chi connectivity index (χ0v) is 12.5. The summed E-state index contributed by atoms with van der Waals surface area (Å²) in [5.74, 6) is 1.04. The molecule has 4 nitrogen and oxygen atoms in total. The smallest absolute Gasteiger partial charge is 0.106 e. The van der Waals surface area contributed by atoms with E-state index in [1.54, 1.807) is 0 Å². The Morgan fingerprint density at radius 3 is 2.63 bits per heavy atom. The Balaban J connectivity index is 2.43. The highest BCUT2D eigenvalue weighted by atomic mass is 15.1. The van der Waals surface area contributed by atoms with Gasteiger partial charge in [-0.25, -0.2) is 4.98 Å². The van der Waals surface area contributed by atoms with Crippen LogP contribution in [0.4, 0.5) is 0 Å². The Bertz CT molecular complexity index is 569. The van der Waals surface area contributed by atoms with Crippen LogP contribution < -0.4 is 5.73 Å². The lowest BCUT2D eigenvalue weighted by atomic mass is 9.99. The van der Waals surface area contributed by atoms with Crippen LogP contribution in [-0.2, 0) is 7.05 Å². The summed E-state index contributed by atoms with van der Waals surface area (Å²) < 4.78 is 2.12. The van der Waals surface area contributed by atoms with E-state index in [4.69, 9.17) is 5.73 Å². The summed E-state index contributed by atoms with van der Waals surface area (Å²) in [4.78, 5) is 6.83. The van der Waals surface area contributed by atoms with Gasteiger partial charge in [0.15, 0.2) is 0 Å². The number of nitrogens with two attached hydrogens (primary N) is 1. The summed E-state index contributed by atoms with van der Waals surface area (Å²) >= 11 is 0. The third-order valence-corrected chi connectivity index (χ3v) is 3.73. The van der Waals surface area contributed by atoms with Crippen LogP contribution in [0.25, 0.3) is 11.0 Å². The van der Waals surface area contributed by atoms with E-state index in [1.165, 1.54) is 11.1 Å². The normalized spacial score (nSPS) is 15.1. The molecule has 2 rings (SSSR count). The summed E-state index contributed by atoms with van der Waals surface area (Å²) in [6.07, 6.45) is 0.949. The molecular formula is C15H24N4. The quantitative estimate of drug-likeness (QED) is 0.917. The molecule has 2 unspecified atom stereocenters. The average Bonchev–Trinajstić information content (AvgIpc) is 2.61. The predicted octanol–water partition coefficient (Wildman–Crippen LogP) is 2.22. The van der Waals surface area contributed by atoms with E-state index in [0.29, 0.717) is 6.04 Å². The van der Waals surface area contributed by atoms with Crippen LogP contribution in [0.2, 0.25) is 0 Å². The fourth-order valence-electron chi connectivity index (χ4n) is 2.54. The maximum absolute atomic E-state index is 5.96. The number of rotatable bonds is 4. The van der Waals surface area contributed by atoms with Crippen molar-refractivity contribution in [3.63, 3.8) is 0 Å².